The minimum absolute atomic E-state index is 0.118. The highest BCUT2D eigenvalue weighted by molar-refractivity contribution is 7.46. The quantitative estimate of drug-likeness (QED) is 0.429. The number of likely N-dealkylation sites (N-methyl/N-ethyl adjacent to an activating group) is 1. The largest absolute Gasteiger partial charge is 0.481 e. The molecule has 0 aromatic heterocycles. The van der Waals surface area contributed by atoms with Crippen LogP contribution in [0.4, 0.5) is 0 Å². The third kappa shape index (κ3) is 6.23. The fourth-order valence-corrected chi connectivity index (χ4v) is 2.36. The van der Waals surface area contributed by atoms with Crippen molar-refractivity contribution in [1.82, 2.24) is 0 Å². The molecule has 0 aromatic carbocycles. The lowest BCUT2D eigenvalue weighted by Crippen LogP contribution is -2.55. The Labute approximate surface area is 105 Å². The van der Waals surface area contributed by atoms with Gasteiger partial charge in [0, 0.05) is 0 Å². The van der Waals surface area contributed by atoms with Gasteiger partial charge in [-0.25, -0.2) is 4.57 Å². The van der Waals surface area contributed by atoms with Gasteiger partial charge in [0.05, 0.1) is 27.6 Å². The third-order valence-electron chi connectivity index (χ3n) is 2.10. The molecule has 9 heteroatoms. The SMILES string of the molecule is CC(=O)[C@@](CC(=O)O)(C[N+](C)(C)C)OP(=O)(O)O. The number of quaternary nitrogens is 1. The molecular formula is C9H19NO7P+. The first kappa shape index (κ1) is 17.2. The van der Waals surface area contributed by atoms with E-state index in [0.717, 1.165) is 6.92 Å². The zero-order valence-electron chi connectivity index (χ0n) is 10.8. The molecule has 0 heterocycles. The van der Waals surface area contributed by atoms with E-state index in [-0.39, 0.29) is 11.0 Å². The summed E-state index contributed by atoms with van der Waals surface area (Å²) >= 11 is 0. The van der Waals surface area contributed by atoms with Gasteiger partial charge >= 0.3 is 13.8 Å². The number of carboxylic acids is 1. The number of Topliss-reactive ketones (excluding diaryl/α,β-unsaturated/α-hetero) is 1. The molecule has 0 amide bonds. The van der Waals surface area contributed by atoms with Crippen molar-refractivity contribution < 1.29 is 38.1 Å². The molecule has 0 fully saturated rings. The first-order valence-corrected chi connectivity index (χ1v) is 6.60. The van der Waals surface area contributed by atoms with Crippen molar-refractivity contribution >= 4 is 19.6 Å². The standard InChI is InChI=1S/C9H18NO7P/c1-7(11)9(5-8(12)13,6-10(2,3)4)17-18(14,15)16/h5-6H2,1-4H3,(H2-,12,13,14,15,16)/p+1/t9-/m1/s1. The molecular weight excluding hydrogens is 265 g/mol. The summed E-state index contributed by atoms with van der Waals surface area (Å²) in [4.78, 5) is 40.1. The molecule has 0 saturated heterocycles. The second kappa shape index (κ2) is 5.46. The summed E-state index contributed by atoms with van der Waals surface area (Å²) in [6, 6.07) is 0. The molecule has 0 aliphatic heterocycles. The highest BCUT2D eigenvalue weighted by atomic mass is 31.2. The van der Waals surface area contributed by atoms with Crippen LogP contribution in [0.3, 0.4) is 0 Å². The normalized spacial score (nSPS) is 16.1. The number of nitrogens with zero attached hydrogens (tertiary/aromatic N) is 1. The highest BCUT2D eigenvalue weighted by Crippen LogP contribution is 2.43. The van der Waals surface area contributed by atoms with Crippen LogP contribution < -0.4 is 0 Å². The summed E-state index contributed by atoms with van der Waals surface area (Å²) in [5.74, 6) is -2.10. The van der Waals surface area contributed by atoms with Crippen molar-refractivity contribution in [3.63, 3.8) is 0 Å². The Kier molecular flexibility index (Phi) is 5.22. The topological polar surface area (TPSA) is 121 Å². The van der Waals surface area contributed by atoms with Crippen molar-refractivity contribution in [1.29, 1.82) is 0 Å². The van der Waals surface area contributed by atoms with Gasteiger partial charge in [0.15, 0.2) is 11.4 Å². The van der Waals surface area contributed by atoms with Crippen LogP contribution >= 0.6 is 7.82 Å². The highest BCUT2D eigenvalue weighted by Gasteiger charge is 2.48. The van der Waals surface area contributed by atoms with Crippen LogP contribution in [-0.2, 0) is 18.7 Å². The molecule has 0 aliphatic carbocycles. The number of carbonyl (C=O) groups is 2. The van der Waals surface area contributed by atoms with Crippen LogP contribution in [0.2, 0.25) is 0 Å². The average Bonchev–Trinajstić information content (AvgIpc) is 1.93. The predicted molar refractivity (Wildman–Crippen MR) is 61.7 cm³/mol. The molecule has 3 N–H and O–H groups in total. The number of ketones is 1. The number of phosphoric ester groups is 1. The summed E-state index contributed by atoms with van der Waals surface area (Å²) in [6.45, 7) is 0.883. The van der Waals surface area contributed by atoms with E-state index < -0.39 is 31.6 Å². The number of aliphatic carboxylic acids is 1. The molecule has 0 saturated carbocycles. The Morgan fingerprint density at radius 1 is 1.28 bits per heavy atom. The van der Waals surface area contributed by atoms with E-state index in [1.54, 1.807) is 21.1 Å². The molecule has 0 radical (unpaired) electrons. The van der Waals surface area contributed by atoms with Gasteiger partial charge in [0.1, 0.15) is 6.54 Å². The van der Waals surface area contributed by atoms with Gasteiger partial charge in [0.25, 0.3) is 0 Å². The lowest BCUT2D eigenvalue weighted by Gasteiger charge is -2.36. The van der Waals surface area contributed by atoms with Gasteiger partial charge in [-0.1, -0.05) is 0 Å². The van der Waals surface area contributed by atoms with E-state index in [4.69, 9.17) is 14.9 Å². The maximum Gasteiger partial charge on any atom is 0.470 e. The Morgan fingerprint density at radius 2 is 1.72 bits per heavy atom. The van der Waals surface area contributed by atoms with Crippen LogP contribution in [0.15, 0.2) is 0 Å². The lowest BCUT2D eigenvalue weighted by molar-refractivity contribution is -0.875. The molecule has 1 atom stereocenters. The Hall–Kier alpha value is -0.790. The van der Waals surface area contributed by atoms with Crippen LogP contribution in [-0.4, -0.2) is 64.4 Å². The van der Waals surface area contributed by atoms with Gasteiger partial charge in [-0.2, -0.15) is 0 Å². The van der Waals surface area contributed by atoms with E-state index in [0.29, 0.717) is 0 Å². The zero-order valence-corrected chi connectivity index (χ0v) is 11.7. The molecule has 106 valence electrons. The second-order valence-corrected chi connectivity index (χ2v) is 6.32. The third-order valence-corrected chi connectivity index (χ3v) is 2.69. The second-order valence-electron chi connectivity index (χ2n) is 5.15. The number of hydrogen-bond donors (Lipinski definition) is 3. The van der Waals surface area contributed by atoms with Crippen LogP contribution in [0.5, 0.6) is 0 Å². The lowest BCUT2D eigenvalue weighted by atomic mass is 9.94. The zero-order chi connectivity index (χ0) is 14.8. The van der Waals surface area contributed by atoms with Crippen molar-refractivity contribution in [2.75, 3.05) is 27.7 Å². The van der Waals surface area contributed by atoms with Gasteiger partial charge < -0.3 is 19.4 Å². The summed E-state index contributed by atoms with van der Waals surface area (Å²) in [5.41, 5.74) is -2.04. The summed E-state index contributed by atoms with van der Waals surface area (Å²) < 4.78 is 15.6. The molecule has 0 aromatic rings. The van der Waals surface area contributed by atoms with Crippen LogP contribution in [0.25, 0.3) is 0 Å². The molecule has 0 unspecified atom stereocenters. The Bertz CT molecular complexity index is 383. The molecule has 0 bridgehead atoms. The minimum atomic E-state index is -4.98. The van der Waals surface area contributed by atoms with E-state index in [2.05, 4.69) is 4.52 Å². The van der Waals surface area contributed by atoms with Crippen LogP contribution in [0.1, 0.15) is 13.3 Å². The summed E-state index contributed by atoms with van der Waals surface area (Å²) in [6.07, 6.45) is -0.803. The van der Waals surface area contributed by atoms with Crippen molar-refractivity contribution in [3.8, 4) is 0 Å². The van der Waals surface area contributed by atoms with Gasteiger partial charge in [0.2, 0.25) is 0 Å². The Balaban J connectivity index is 5.50. The average molecular weight is 284 g/mol. The number of carbonyl (C=O) groups excluding carboxylic acids is 1. The molecule has 18 heavy (non-hydrogen) atoms. The smallest absolute Gasteiger partial charge is 0.470 e. The number of carboxylic acid groups (broad SMARTS) is 1. The molecule has 0 rings (SSSR count). The maximum atomic E-state index is 11.6. The fourth-order valence-electron chi connectivity index (χ4n) is 1.66. The maximum absolute atomic E-state index is 11.6. The monoisotopic (exact) mass is 284 g/mol. The summed E-state index contributed by atoms with van der Waals surface area (Å²) in [5, 5.41) is 8.80. The molecule has 0 spiro atoms. The number of phosphoric acid groups is 1. The fraction of sp³-hybridized carbons (Fsp3) is 0.778. The van der Waals surface area contributed by atoms with Gasteiger partial charge in [-0.05, 0) is 6.92 Å². The van der Waals surface area contributed by atoms with Gasteiger partial charge in [-0.3, -0.25) is 14.1 Å². The van der Waals surface area contributed by atoms with Crippen molar-refractivity contribution in [2.45, 2.75) is 18.9 Å². The van der Waals surface area contributed by atoms with Crippen molar-refractivity contribution in [3.05, 3.63) is 0 Å². The van der Waals surface area contributed by atoms with E-state index in [1.807, 2.05) is 0 Å². The van der Waals surface area contributed by atoms with Crippen LogP contribution in [0, 0.1) is 0 Å². The van der Waals surface area contributed by atoms with Crippen molar-refractivity contribution in [2.24, 2.45) is 0 Å². The number of rotatable bonds is 7. The van der Waals surface area contributed by atoms with Gasteiger partial charge in [-0.15, -0.1) is 0 Å². The minimum Gasteiger partial charge on any atom is -0.481 e. The summed E-state index contributed by atoms with van der Waals surface area (Å²) in [7, 11) is -0.0116. The molecule has 0 aliphatic rings. The predicted octanol–water partition coefficient (Wildman–Crippen LogP) is -0.396. The van der Waals surface area contributed by atoms with E-state index in [9.17, 15) is 14.2 Å². The number of hydrogen-bond acceptors (Lipinski definition) is 4. The first-order chi connectivity index (χ1) is 7.77. The van der Waals surface area contributed by atoms with E-state index >= 15 is 0 Å². The molecule has 8 nitrogen and oxygen atoms in total. The van der Waals surface area contributed by atoms with E-state index in [1.165, 1.54) is 0 Å². The first-order valence-electron chi connectivity index (χ1n) is 5.07. The Morgan fingerprint density at radius 3 is 1.94 bits per heavy atom.